The quantitative estimate of drug-likeness (QED) is 0.507. The minimum atomic E-state index is 0.734. The topological polar surface area (TPSA) is 17.8 Å². The summed E-state index contributed by atoms with van der Waals surface area (Å²) in [5.41, 5.74) is 3.20. The Bertz CT molecular complexity index is 637. The highest BCUT2D eigenvalue weighted by Gasteiger charge is 2.09. The van der Waals surface area contributed by atoms with E-state index in [2.05, 4.69) is 11.1 Å². The van der Waals surface area contributed by atoms with Crippen molar-refractivity contribution in [2.24, 2.45) is 0 Å². The fraction of sp³-hybridized carbons (Fsp3) is 0.409. The Morgan fingerprint density at radius 1 is 1.08 bits per heavy atom. The third kappa shape index (κ3) is 8.22. The van der Waals surface area contributed by atoms with Crippen molar-refractivity contribution in [2.45, 2.75) is 62.3 Å². The smallest absolute Gasteiger partial charge is 0.140 e. The normalized spacial score (nSPS) is 10.1. The maximum Gasteiger partial charge on any atom is 0.140 e. The first-order valence-corrected chi connectivity index (χ1v) is 9.61. The van der Waals surface area contributed by atoms with Gasteiger partial charge in [-0.25, -0.2) is 4.98 Å². The van der Waals surface area contributed by atoms with Crippen LogP contribution in [0.15, 0.2) is 48.8 Å². The van der Waals surface area contributed by atoms with Crippen molar-refractivity contribution in [1.29, 1.82) is 0 Å². The molecule has 1 aromatic carbocycles. The molecule has 0 bridgehead atoms. The summed E-state index contributed by atoms with van der Waals surface area (Å²) in [6.07, 6.45) is 9.76. The van der Waals surface area contributed by atoms with Gasteiger partial charge in [0.2, 0.25) is 0 Å². The number of imidazole rings is 1. The third-order valence-corrected chi connectivity index (χ3v) is 3.20. The molecule has 140 valence electrons. The van der Waals surface area contributed by atoms with Gasteiger partial charge in [0.1, 0.15) is 5.82 Å². The van der Waals surface area contributed by atoms with E-state index in [9.17, 15) is 0 Å². The Labute approximate surface area is 160 Å². The van der Waals surface area contributed by atoms with Crippen LogP contribution in [-0.2, 0) is 0 Å². The molecule has 0 saturated heterocycles. The van der Waals surface area contributed by atoms with E-state index in [0.717, 1.165) is 27.7 Å². The van der Waals surface area contributed by atoms with Gasteiger partial charge in [0.15, 0.2) is 0 Å². The molecule has 0 aliphatic rings. The second kappa shape index (κ2) is 15.7. The fourth-order valence-corrected chi connectivity index (χ4v) is 2.24. The van der Waals surface area contributed by atoms with Gasteiger partial charge in [0.25, 0.3) is 0 Å². The maximum absolute atomic E-state index is 6.32. The Morgan fingerprint density at radius 2 is 1.68 bits per heavy atom. The first-order valence-electron chi connectivity index (χ1n) is 9.23. The molecule has 0 spiro atoms. The lowest BCUT2D eigenvalue weighted by Gasteiger charge is -2.10. The van der Waals surface area contributed by atoms with Crippen LogP contribution >= 0.6 is 11.6 Å². The van der Waals surface area contributed by atoms with E-state index >= 15 is 0 Å². The zero-order valence-corrected chi connectivity index (χ0v) is 18.1. The number of hydrogen-bond acceptors (Lipinski definition) is 1. The summed E-state index contributed by atoms with van der Waals surface area (Å²) in [5.74, 6) is 0.906. The maximum atomic E-state index is 6.32. The van der Waals surface area contributed by atoms with Gasteiger partial charge in [-0.2, -0.15) is 0 Å². The molecule has 0 N–H and O–H groups in total. The predicted octanol–water partition coefficient (Wildman–Crippen LogP) is 7.89. The van der Waals surface area contributed by atoms with E-state index in [1.807, 2.05) is 103 Å². The number of aryl methyl sites for hydroxylation is 1. The number of allylic oxidation sites excluding steroid dienone is 4. The lowest BCUT2D eigenvalue weighted by molar-refractivity contribution is 1.02. The van der Waals surface area contributed by atoms with E-state index in [1.165, 1.54) is 0 Å². The molecule has 2 rings (SSSR count). The lowest BCUT2D eigenvalue weighted by atomic mass is 10.2. The summed E-state index contributed by atoms with van der Waals surface area (Å²) in [5, 5.41) is 0.734. The summed E-state index contributed by atoms with van der Waals surface area (Å²) in [7, 11) is 0. The van der Waals surface area contributed by atoms with Crippen LogP contribution in [0.5, 0.6) is 0 Å². The van der Waals surface area contributed by atoms with Crippen LogP contribution in [0.2, 0.25) is 5.02 Å². The van der Waals surface area contributed by atoms with Crippen LogP contribution in [0.1, 0.15) is 66.8 Å². The molecule has 3 heteroatoms. The summed E-state index contributed by atoms with van der Waals surface area (Å²) >= 11 is 6.32. The van der Waals surface area contributed by atoms with Gasteiger partial charge in [-0.15, -0.1) is 0 Å². The molecule has 0 saturated carbocycles. The van der Waals surface area contributed by atoms with Crippen molar-refractivity contribution in [2.75, 3.05) is 0 Å². The fourth-order valence-electron chi connectivity index (χ4n) is 1.91. The molecule has 0 fully saturated rings. The number of aromatic nitrogens is 2. The van der Waals surface area contributed by atoms with Crippen molar-refractivity contribution in [3.63, 3.8) is 0 Å². The second-order valence-electron chi connectivity index (χ2n) is 4.45. The SMILES string of the molecule is C/C=C\C=C(/C)c1nccn1-c1ccc(C)cc1Cl.CC.CC.CC. The Morgan fingerprint density at radius 3 is 2.20 bits per heavy atom. The van der Waals surface area contributed by atoms with E-state index in [4.69, 9.17) is 11.6 Å². The number of rotatable bonds is 3. The van der Waals surface area contributed by atoms with Crippen LogP contribution in [0, 0.1) is 6.92 Å². The van der Waals surface area contributed by atoms with Gasteiger partial charge in [-0.3, -0.25) is 4.57 Å². The lowest BCUT2D eigenvalue weighted by Crippen LogP contribution is -1.99. The monoisotopic (exact) mass is 362 g/mol. The summed E-state index contributed by atoms with van der Waals surface area (Å²) in [6, 6.07) is 6.04. The zero-order chi connectivity index (χ0) is 19.8. The molecule has 0 aliphatic heterocycles. The Kier molecular flexibility index (Phi) is 16.0. The van der Waals surface area contributed by atoms with Crippen molar-refractivity contribution in [3.8, 4) is 5.69 Å². The molecular weight excluding hydrogens is 328 g/mol. The molecule has 2 aromatic rings. The van der Waals surface area contributed by atoms with E-state index in [-0.39, 0.29) is 0 Å². The Balaban J connectivity index is 0. The van der Waals surface area contributed by atoms with E-state index in [1.54, 1.807) is 6.20 Å². The standard InChI is InChI=1S/C16H17ClN2.3C2H6/c1-4-5-6-13(3)16-18-9-10-19(16)15-8-7-12(2)11-14(15)17;3*1-2/h4-11H,1-3H3;3*1-2H3/b5-4-,13-6+;;;. The van der Waals surface area contributed by atoms with Crippen molar-refractivity contribution in [3.05, 3.63) is 65.2 Å². The highest BCUT2D eigenvalue weighted by atomic mass is 35.5. The van der Waals surface area contributed by atoms with Gasteiger partial charge >= 0.3 is 0 Å². The molecule has 1 aromatic heterocycles. The average molecular weight is 363 g/mol. The van der Waals surface area contributed by atoms with Crippen molar-refractivity contribution in [1.82, 2.24) is 9.55 Å². The Hall–Kier alpha value is -1.80. The molecule has 0 atom stereocenters. The zero-order valence-electron chi connectivity index (χ0n) is 17.4. The van der Waals surface area contributed by atoms with Crippen LogP contribution in [-0.4, -0.2) is 9.55 Å². The average Bonchev–Trinajstić information content (AvgIpc) is 3.14. The minimum absolute atomic E-state index is 0.734. The molecule has 25 heavy (non-hydrogen) atoms. The molecule has 2 nitrogen and oxygen atoms in total. The first kappa shape index (κ1) is 25.4. The molecule has 1 heterocycles. The highest BCUT2D eigenvalue weighted by Crippen LogP contribution is 2.25. The molecule has 0 aliphatic carbocycles. The molecule has 0 radical (unpaired) electrons. The summed E-state index contributed by atoms with van der Waals surface area (Å²) < 4.78 is 2.01. The van der Waals surface area contributed by atoms with Crippen molar-refractivity contribution < 1.29 is 0 Å². The molecular formula is C22H35ClN2. The van der Waals surface area contributed by atoms with Gasteiger partial charge in [-0.05, 0) is 44.0 Å². The van der Waals surface area contributed by atoms with Gasteiger partial charge in [-0.1, -0.05) is 77.4 Å². The van der Waals surface area contributed by atoms with Crippen molar-refractivity contribution >= 4 is 17.2 Å². The number of benzene rings is 1. The summed E-state index contributed by atoms with van der Waals surface area (Å²) in [4.78, 5) is 4.41. The number of nitrogens with zero attached hydrogens (tertiary/aromatic N) is 2. The number of halogens is 1. The molecule has 0 unspecified atom stereocenters. The molecule has 0 amide bonds. The summed E-state index contributed by atoms with van der Waals surface area (Å²) in [6.45, 7) is 18.1. The van der Waals surface area contributed by atoms with Crippen LogP contribution < -0.4 is 0 Å². The highest BCUT2D eigenvalue weighted by molar-refractivity contribution is 6.32. The van der Waals surface area contributed by atoms with E-state index in [0.29, 0.717) is 0 Å². The minimum Gasteiger partial charge on any atom is -0.299 e. The predicted molar refractivity (Wildman–Crippen MR) is 116 cm³/mol. The van der Waals surface area contributed by atoms with Crippen LogP contribution in [0.3, 0.4) is 0 Å². The van der Waals surface area contributed by atoms with Crippen LogP contribution in [0.4, 0.5) is 0 Å². The van der Waals surface area contributed by atoms with Gasteiger partial charge in [0.05, 0.1) is 10.7 Å². The van der Waals surface area contributed by atoms with Gasteiger partial charge in [0, 0.05) is 12.4 Å². The number of hydrogen-bond donors (Lipinski definition) is 0. The van der Waals surface area contributed by atoms with Crippen LogP contribution in [0.25, 0.3) is 11.3 Å². The second-order valence-corrected chi connectivity index (χ2v) is 4.86. The third-order valence-electron chi connectivity index (χ3n) is 2.89. The van der Waals surface area contributed by atoms with E-state index < -0.39 is 0 Å². The largest absolute Gasteiger partial charge is 0.299 e. The first-order chi connectivity index (χ1) is 12.1. The van der Waals surface area contributed by atoms with Gasteiger partial charge < -0.3 is 0 Å².